The summed E-state index contributed by atoms with van der Waals surface area (Å²) in [5.41, 5.74) is 14.6. The number of para-hydroxylation sites is 1. The van der Waals surface area contributed by atoms with Gasteiger partial charge in [-0.15, -0.1) is 0 Å². The zero-order valence-electron chi connectivity index (χ0n) is 29.1. The third kappa shape index (κ3) is 4.17. The molecule has 0 radical (unpaired) electrons. The smallest absolute Gasteiger partial charge is 0.136 e. The number of hydrogen-bond acceptors (Lipinski definition) is 1. The Morgan fingerprint density at radius 2 is 0.885 bits per heavy atom. The van der Waals surface area contributed by atoms with Crippen molar-refractivity contribution in [3.05, 3.63) is 181 Å². The molecular weight excluding hydrogens is 629 g/mol. The Balaban J connectivity index is 1.02. The van der Waals surface area contributed by atoms with Crippen LogP contribution in [0.2, 0.25) is 0 Å². The van der Waals surface area contributed by atoms with Crippen LogP contribution in [0.4, 0.5) is 0 Å². The summed E-state index contributed by atoms with van der Waals surface area (Å²) in [5, 5.41) is 9.98. The van der Waals surface area contributed by atoms with E-state index in [9.17, 15) is 0 Å². The molecule has 0 aliphatic heterocycles. The molecule has 1 nitrogen and oxygen atoms in total. The van der Waals surface area contributed by atoms with Gasteiger partial charge in [-0.3, -0.25) is 0 Å². The molecule has 0 N–H and O–H groups in total. The van der Waals surface area contributed by atoms with E-state index in [2.05, 4.69) is 178 Å². The van der Waals surface area contributed by atoms with E-state index in [4.69, 9.17) is 4.42 Å². The largest absolute Gasteiger partial charge is 0.456 e. The maximum atomic E-state index is 6.30. The molecule has 0 fully saturated rings. The maximum absolute atomic E-state index is 6.30. The van der Waals surface area contributed by atoms with Crippen molar-refractivity contribution < 1.29 is 4.42 Å². The van der Waals surface area contributed by atoms with Gasteiger partial charge in [0.25, 0.3) is 0 Å². The van der Waals surface area contributed by atoms with Gasteiger partial charge in [-0.2, -0.15) is 0 Å². The molecular formula is C51H34O. The van der Waals surface area contributed by atoms with Gasteiger partial charge in [0.05, 0.1) is 0 Å². The molecule has 10 aromatic rings. The van der Waals surface area contributed by atoms with Crippen LogP contribution in [0.15, 0.2) is 174 Å². The summed E-state index contributed by atoms with van der Waals surface area (Å²) < 4.78 is 6.30. The van der Waals surface area contributed by atoms with E-state index in [1.165, 1.54) is 98.7 Å². The first-order chi connectivity index (χ1) is 25.5. The van der Waals surface area contributed by atoms with Crippen molar-refractivity contribution in [1.29, 1.82) is 0 Å². The number of benzene rings is 9. The molecule has 11 rings (SSSR count). The molecule has 1 aliphatic carbocycles. The number of rotatable bonds is 3. The van der Waals surface area contributed by atoms with Crippen molar-refractivity contribution >= 4 is 54.3 Å². The first-order valence-electron chi connectivity index (χ1n) is 18.2. The van der Waals surface area contributed by atoms with Gasteiger partial charge in [-0.05, 0) is 118 Å². The molecule has 1 aromatic heterocycles. The Morgan fingerprint density at radius 1 is 0.346 bits per heavy atom. The Bertz CT molecular complexity index is 3030. The van der Waals surface area contributed by atoms with E-state index in [0.29, 0.717) is 0 Å². The highest BCUT2D eigenvalue weighted by atomic mass is 16.3. The lowest BCUT2D eigenvalue weighted by atomic mass is 9.81. The minimum Gasteiger partial charge on any atom is -0.456 e. The quantitative estimate of drug-likeness (QED) is 0.172. The second-order valence-corrected chi connectivity index (χ2v) is 14.9. The van der Waals surface area contributed by atoms with E-state index in [0.717, 1.165) is 11.2 Å². The first-order valence-corrected chi connectivity index (χ1v) is 18.2. The monoisotopic (exact) mass is 662 g/mol. The number of hydrogen-bond donors (Lipinski definition) is 0. The van der Waals surface area contributed by atoms with Crippen molar-refractivity contribution in [3.63, 3.8) is 0 Å². The third-order valence-electron chi connectivity index (χ3n) is 11.6. The molecule has 0 spiro atoms. The molecule has 0 unspecified atom stereocenters. The summed E-state index contributed by atoms with van der Waals surface area (Å²) >= 11 is 0. The van der Waals surface area contributed by atoms with E-state index in [1.807, 2.05) is 6.07 Å². The van der Waals surface area contributed by atoms with Gasteiger partial charge in [0.2, 0.25) is 0 Å². The number of fused-ring (bicyclic) bond motifs is 9. The molecule has 9 aromatic carbocycles. The fraction of sp³-hybridized carbons (Fsp3) is 0.0588. The van der Waals surface area contributed by atoms with Crippen molar-refractivity contribution in [2.75, 3.05) is 0 Å². The molecule has 0 amide bonds. The van der Waals surface area contributed by atoms with E-state index < -0.39 is 0 Å². The normalized spacial score (nSPS) is 13.3. The second kappa shape index (κ2) is 10.8. The lowest BCUT2D eigenvalue weighted by Crippen LogP contribution is -2.15. The summed E-state index contributed by atoms with van der Waals surface area (Å²) in [5.74, 6) is 0. The third-order valence-corrected chi connectivity index (χ3v) is 11.6. The van der Waals surface area contributed by atoms with Crippen LogP contribution >= 0.6 is 0 Å². The molecule has 1 heteroatoms. The second-order valence-electron chi connectivity index (χ2n) is 14.9. The van der Waals surface area contributed by atoms with Crippen molar-refractivity contribution in [2.24, 2.45) is 0 Å². The zero-order valence-corrected chi connectivity index (χ0v) is 29.1. The predicted molar refractivity (Wildman–Crippen MR) is 220 cm³/mol. The van der Waals surface area contributed by atoms with Crippen LogP contribution in [-0.2, 0) is 5.41 Å². The van der Waals surface area contributed by atoms with Crippen LogP contribution in [0, 0.1) is 0 Å². The lowest BCUT2D eigenvalue weighted by Gasteiger charge is -2.22. The van der Waals surface area contributed by atoms with Crippen molar-refractivity contribution in [2.45, 2.75) is 19.3 Å². The van der Waals surface area contributed by atoms with Crippen molar-refractivity contribution in [1.82, 2.24) is 0 Å². The van der Waals surface area contributed by atoms with Gasteiger partial charge >= 0.3 is 0 Å². The van der Waals surface area contributed by atoms with Gasteiger partial charge < -0.3 is 4.42 Å². The Labute approximate surface area is 302 Å². The molecule has 0 saturated carbocycles. The molecule has 1 aliphatic rings. The highest BCUT2D eigenvalue weighted by Crippen LogP contribution is 2.52. The van der Waals surface area contributed by atoms with Crippen LogP contribution < -0.4 is 0 Å². The molecule has 1 heterocycles. The van der Waals surface area contributed by atoms with Gasteiger partial charge in [0.1, 0.15) is 11.2 Å². The molecule has 52 heavy (non-hydrogen) atoms. The highest BCUT2D eigenvalue weighted by molar-refractivity contribution is 6.21. The fourth-order valence-corrected chi connectivity index (χ4v) is 9.06. The average molecular weight is 663 g/mol. The van der Waals surface area contributed by atoms with Crippen LogP contribution in [0.3, 0.4) is 0 Å². The van der Waals surface area contributed by atoms with Crippen molar-refractivity contribution in [3.8, 4) is 44.5 Å². The first kappa shape index (κ1) is 29.3. The van der Waals surface area contributed by atoms with Gasteiger partial charge in [0.15, 0.2) is 0 Å². The van der Waals surface area contributed by atoms with Crippen LogP contribution in [-0.4, -0.2) is 0 Å². The molecule has 244 valence electrons. The van der Waals surface area contributed by atoms with Crippen LogP contribution in [0.25, 0.3) is 98.8 Å². The molecule has 0 bridgehead atoms. The van der Waals surface area contributed by atoms with Crippen LogP contribution in [0.1, 0.15) is 25.0 Å². The predicted octanol–water partition coefficient (Wildman–Crippen LogP) is 14.4. The summed E-state index contributed by atoms with van der Waals surface area (Å²) in [7, 11) is 0. The summed E-state index contributed by atoms with van der Waals surface area (Å²) in [6.07, 6.45) is 0. The van der Waals surface area contributed by atoms with E-state index in [1.54, 1.807) is 0 Å². The van der Waals surface area contributed by atoms with Gasteiger partial charge in [0, 0.05) is 16.2 Å². The number of furan rings is 1. The SMILES string of the molecule is CC1(C)c2cc(-c3ccc(-c4c5ccccc5c(-c5ccc6ccccc6c5)c5ccccc45)cc3)ccc2-c2cc3oc4ccccc4c3cc21. The summed E-state index contributed by atoms with van der Waals surface area (Å²) in [6, 6.07) is 62.5. The van der Waals surface area contributed by atoms with Crippen LogP contribution in [0.5, 0.6) is 0 Å². The van der Waals surface area contributed by atoms with E-state index in [-0.39, 0.29) is 5.41 Å². The Kier molecular flexibility index (Phi) is 6.08. The maximum Gasteiger partial charge on any atom is 0.136 e. The molecule has 0 saturated heterocycles. The highest BCUT2D eigenvalue weighted by Gasteiger charge is 2.36. The lowest BCUT2D eigenvalue weighted by molar-refractivity contribution is 0.658. The van der Waals surface area contributed by atoms with E-state index >= 15 is 0 Å². The minimum absolute atomic E-state index is 0.127. The van der Waals surface area contributed by atoms with Gasteiger partial charge in [-0.1, -0.05) is 153 Å². The van der Waals surface area contributed by atoms with Gasteiger partial charge in [-0.25, -0.2) is 0 Å². The molecule has 0 atom stereocenters. The minimum atomic E-state index is -0.127. The summed E-state index contributed by atoms with van der Waals surface area (Å²) in [4.78, 5) is 0. The topological polar surface area (TPSA) is 13.1 Å². The zero-order chi connectivity index (χ0) is 34.6. The Hall–Kier alpha value is -6.44. The summed E-state index contributed by atoms with van der Waals surface area (Å²) in [6.45, 7) is 4.72. The average Bonchev–Trinajstić information content (AvgIpc) is 3.66. The standard InChI is InChI=1S/C51H34O/c1-51(2)45-28-35(25-26-37(45)43-30-48-44(29-46(43)51)38-13-9-10-18-47(38)52-48)32-19-22-33(23-20-32)49-39-14-5-7-16-41(39)50(42-17-8-6-15-40(42)49)36-24-21-31-11-3-4-12-34(31)27-36/h3-30H,1-2H3. The fourth-order valence-electron chi connectivity index (χ4n) is 9.06. The Morgan fingerprint density at radius 3 is 1.60 bits per heavy atom.